The SMILES string of the molecule is CC(CNCc1cc(F)ccc1Br)NC(=O)OC(C)(C)C. The van der Waals surface area contributed by atoms with E-state index in [1.807, 2.05) is 27.7 Å². The molecule has 0 aliphatic rings. The summed E-state index contributed by atoms with van der Waals surface area (Å²) < 4.78 is 19.2. The summed E-state index contributed by atoms with van der Waals surface area (Å²) in [6.45, 7) is 8.39. The topological polar surface area (TPSA) is 50.4 Å². The summed E-state index contributed by atoms with van der Waals surface area (Å²) in [6.07, 6.45) is -0.441. The van der Waals surface area contributed by atoms with Crippen molar-refractivity contribution in [3.8, 4) is 0 Å². The summed E-state index contributed by atoms with van der Waals surface area (Å²) in [4.78, 5) is 11.6. The van der Waals surface area contributed by atoms with Crippen LogP contribution in [0.15, 0.2) is 22.7 Å². The minimum Gasteiger partial charge on any atom is -0.444 e. The van der Waals surface area contributed by atoms with Gasteiger partial charge in [0.1, 0.15) is 11.4 Å². The molecule has 0 aliphatic heterocycles. The van der Waals surface area contributed by atoms with Gasteiger partial charge < -0.3 is 15.4 Å². The fourth-order valence-corrected chi connectivity index (χ4v) is 2.05. The molecule has 0 radical (unpaired) electrons. The van der Waals surface area contributed by atoms with Gasteiger partial charge in [0.2, 0.25) is 0 Å². The quantitative estimate of drug-likeness (QED) is 0.843. The zero-order chi connectivity index (χ0) is 16.0. The number of halogens is 2. The highest BCUT2D eigenvalue weighted by Gasteiger charge is 2.17. The highest BCUT2D eigenvalue weighted by Crippen LogP contribution is 2.17. The number of carbonyl (C=O) groups is 1. The Hall–Kier alpha value is -1.14. The van der Waals surface area contributed by atoms with Gasteiger partial charge in [0, 0.05) is 23.6 Å². The first-order valence-electron chi connectivity index (χ1n) is 6.81. The predicted octanol–water partition coefficient (Wildman–Crippen LogP) is 3.59. The zero-order valence-electron chi connectivity index (χ0n) is 12.8. The molecule has 0 saturated heterocycles. The Morgan fingerprint density at radius 2 is 2.10 bits per heavy atom. The van der Waals surface area contributed by atoms with Crippen LogP contribution < -0.4 is 10.6 Å². The van der Waals surface area contributed by atoms with Crippen LogP contribution in [-0.2, 0) is 11.3 Å². The lowest BCUT2D eigenvalue weighted by atomic mass is 10.2. The van der Waals surface area contributed by atoms with E-state index in [0.29, 0.717) is 13.1 Å². The van der Waals surface area contributed by atoms with Crippen molar-refractivity contribution in [1.29, 1.82) is 0 Å². The number of nitrogens with one attached hydrogen (secondary N) is 2. The molecule has 1 aromatic carbocycles. The van der Waals surface area contributed by atoms with Gasteiger partial charge in [-0.3, -0.25) is 0 Å². The van der Waals surface area contributed by atoms with Crippen LogP contribution in [0.4, 0.5) is 9.18 Å². The van der Waals surface area contributed by atoms with Crippen LogP contribution in [0, 0.1) is 5.82 Å². The lowest BCUT2D eigenvalue weighted by Gasteiger charge is -2.22. The normalized spacial score (nSPS) is 12.9. The number of rotatable bonds is 5. The van der Waals surface area contributed by atoms with Gasteiger partial charge in [-0.25, -0.2) is 9.18 Å². The Morgan fingerprint density at radius 3 is 2.71 bits per heavy atom. The zero-order valence-corrected chi connectivity index (χ0v) is 14.4. The van der Waals surface area contributed by atoms with Crippen molar-refractivity contribution < 1.29 is 13.9 Å². The summed E-state index contributed by atoms with van der Waals surface area (Å²) in [6, 6.07) is 4.46. The first kappa shape index (κ1) is 17.9. The fourth-order valence-electron chi connectivity index (χ4n) is 1.66. The van der Waals surface area contributed by atoms with Crippen molar-refractivity contribution >= 4 is 22.0 Å². The molecule has 6 heteroatoms. The van der Waals surface area contributed by atoms with Crippen LogP contribution in [0.1, 0.15) is 33.3 Å². The number of benzene rings is 1. The third-order valence-corrected chi connectivity index (χ3v) is 3.31. The molecular formula is C15H22BrFN2O2. The van der Waals surface area contributed by atoms with E-state index >= 15 is 0 Å². The second-order valence-corrected chi connectivity index (χ2v) is 6.77. The van der Waals surface area contributed by atoms with Crippen LogP contribution in [0.3, 0.4) is 0 Å². The first-order valence-corrected chi connectivity index (χ1v) is 7.61. The van der Waals surface area contributed by atoms with E-state index in [-0.39, 0.29) is 11.9 Å². The van der Waals surface area contributed by atoms with Crippen LogP contribution in [0.5, 0.6) is 0 Å². The molecule has 0 aromatic heterocycles. The molecule has 0 saturated carbocycles. The molecule has 1 amide bonds. The van der Waals surface area contributed by atoms with E-state index in [2.05, 4.69) is 26.6 Å². The highest BCUT2D eigenvalue weighted by molar-refractivity contribution is 9.10. The highest BCUT2D eigenvalue weighted by atomic mass is 79.9. The van der Waals surface area contributed by atoms with Gasteiger partial charge in [0.15, 0.2) is 0 Å². The van der Waals surface area contributed by atoms with Crippen molar-refractivity contribution in [2.75, 3.05) is 6.54 Å². The number of hydrogen-bond acceptors (Lipinski definition) is 3. The van der Waals surface area contributed by atoms with E-state index in [1.54, 1.807) is 6.07 Å². The Bertz CT molecular complexity index is 489. The molecule has 1 unspecified atom stereocenters. The Kier molecular flexibility index (Phi) is 6.61. The Balaban J connectivity index is 2.35. The molecule has 118 valence electrons. The molecule has 2 N–H and O–H groups in total. The van der Waals surface area contributed by atoms with Gasteiger partial charge in [-0.05, 0) is 51.5 Å². The Labute approximate surface area is 133 Å². The summed E-state index contributed by atoms with van der Waals surface area (Å²) >= 11 is 3.37. The van der Waals surface area contributed by atoms with Crippen molar-refractivity contribution in [1.82, 2.24) is 10.6 Å². The van der Waals surface area contributed by atoms with Crippen molar-refractivity contribution in [3.05, 3.63) is 34.1 Å². The van der Waals surface area contributed by atoms with Gasteiger partial charge in [-0.1, -0.05) is 15.9 Å². The summed E-state index contributed by atoms with van der Waals surface area (Å²) in [7, 11) is 0. The average molecular weight is 361 g/mol. The average Bonchev–Trinajstić information content (AvgIpc) is 2.31. The molecule has 0 bridgehead atoms. The molecule has 0 fully saturated rings. The van der Waals surface area contributed by atoms with Gasteiger partial charge in [0.25, 0.3) is 0 Å². The number of ether oxygens (including phenoxy) is 1. The second-order valence-electron chi connectivity index (χ2n) is 5.91. The van der Waals surface area contributed by atoms with Crippen molar-refractivity contribution in [2.45, 2.75) is 45.9 Å². The van der Waals surface area contributed by atoms with E-state index in [1.165, 1.54) is 12.1 Å². The molecule has 0 aliphatic carbocycles. The van der Waals surface area contributed by atoms with Crippen molar-refractivity contribution in [2.24, 2.45) is 0 Å². The molecule has 4 nitrogen and oxygen atoms in total. The maximum atomic E-state index is 13.1. The second kappa shape index (κ2) is 7.75. The lowest BCUT2D eigenvalue weighted by molar-refractivity contribution is 0.0508. The van der Waals surface area contributed by atoms with Crippen LogP contribution in [0.2, 0.25) is 0 Å². The maximum absolute atomic E-state index is 13.1. The maximum Gasteiger partial charge on any atom is 0.407 e. The van der Waals surface area contributed by atoms with E-state index in [0.717, 1.165) is 10.0 Å². The fraction of sp³-hybridized carbons (Fsp3) is 0.533. The first-order chi connectivity index (χ1) is 9.67. The summed E-state index contributed by atoms with van der Waals surface area (Å²) in [5.74, 6) is -0.269. The minimum atomic E-state index is -0.510. The molecule has 1 atom stereocenters. The number of carbonyl (C=O) groups excluding carboxylic acids is 1. The molecule has 21 heavy (non-hydrogen) atoms. The monoisotopic (exact) mass is 360 g/mol. The number of amides is 1. The third-order valence-electron chi connectivity index (χ3n) is 2.54. The molecule has 0 heterocycles. The number of hydrogen-bond donors (Lipinski definition) is 2. The minimum absolute atomic E-state index is 0.0906. The van der Waals surface area contributed by atoms with Gasteiger partial charge in [-0.15, -0.1) is 0 Å². The predicted molar refractivity (Wildman–Crippen MR) is 84.6 cm³/mol. The van der Waals surface area contributed by atoms with Crippen LogP contribution in [0.25, 0.3) is 0 Å². The standard InChI is InChI=1S/C15H22BrFN2O2/c1-10(19-14(20)21-15(2,3)4)8-18-9-11-7-12(17)5-6-13(11)16/h5-7,10,18H,8-9H2,1-4H3,(H,19,20). The molecular weight excluding hydrogens is 339 g/mol. The van der Waals surface area contributed by atoms with Gasteiger partial charge in [0.05, 0.1) is 0 Å². The van der Waals surface area contributed by atoms with Crippen molar-refractivity contribution in [3.63, 3.8) is 0 Å². The summed E-state index contributed by atoms with van der Waals surface area (Å²) in [5.41, 5.74) is 0.323. The lowest BCUT2D eigenvalue weighted by Crippen LogP contribution is -2.42. The largest absolute Gasteiger partial charge is 0.444 e. The summed E-state index contributed by atoms with van der Waals surface area (Å²) in [5, 5.41) is 5.91. The van der Waals surface area contributed by atoms with Crippen LogP contribution >= 0.6 is 15.9 Å². The molecule has 0 spiro atoms. The molecule has 1 aromatic rings. The van der Waals surface area contributed by atoms with E-state index < -0.39 is 11.7 Å². The Morgan fingerprint density at radius 1 is 1.43 bits per heavy atom. The third kappa shape index (κ3) is 7.43. The smallest absolute Gasteiger partial charge is 0.407 e. The van der Waals surface area contributed by atoms with Crippen LogP contribution in [-0.4, -0.2) is 24.3 Å². The van der Waals surface area contributed by atoms with Gasteiger partial charge in [-0.2, -0.15) is 0 Å². The van der Waals surface area contributed by atoms with Gasteiger partial charge >= 0.3 is 6.09 Å². The van der Waals surface area contributed by atoms with E-state index in [4.69, 9.17) is 4.74 Å². The molecule has 1 rings (SSSR count). The number of alkyl carbamates (subject to hydrolysis) is 1. The van der Waals surface area contributed by atoms with E-state index in [9.17, 15) is 9.18 Å².